The van der Waals surface area contributed by atoms with Crippen LogP contribution >= 0.6 is 0 Å². The summed E-state index contributed by atoms with van der Waals surface area (Å²) in [6, 6.07) is 11.8. The van der Waals surface area contributed by atoms with Crippen LogP contribution in [0.3, 0.4) is 0 Å². The molecule has 1 fully saturated rings. The first-order valence-electron chi connectivity index (χ1n) is 8.80. The van der Waals surface area contributed by atoms with Gasteiger partial charge in [-0.25, -0.2) is 0 Å². The molecule has 0 bridgehead atoms. The van der Waals surface area contributed by atoms with E-state index in [0.717, 1.165) is 47.5 Å². The molecule has 3 heterocycles. The summed E-state index contributed by atoms with van der Waals surface area (Å²) >= 11 is 0. The predicted molar refractivity (Wildman–Crippen MR) is 96.8 cm³/mol. The Morgan fingerprint density at radius 3 is 2.88 bits per heavy atom. The van der Waals surface area contributed by atoms with Crippen molar-refractivity contribution in [3.05, 3.63) is 65.1 Å². The first-order chi connectivity index (χ1) is 12.1. The molecule has 3 aromatic rings. The van der Waals surface area contributed by atoms with E-state index in [1.807, 2.05) is 65.7 Å². The van der Waals surface area contributed by atoms with Crippen LogP contribution in [0.4, 0.5) is 0 Å². The van der Waals surface area contributed by atoms with Crippen LogP contribution in [0.5, 0.6) is 0 Å². The van der Waals surface area contributed by atoms with Gasteiger partial charge in [-0.15, -0.1) is 10.2 Å². The van der Waals surface area contributed by atoms with Gasteiger partial charge in [0, 0.05) is 30.8 Å². The lowest BCUT2D eigenvalue weighted by molar-refractivity contribution is 0.0703. The van der Waals surface area contributed by atoms with Gasteiger partial charge in [0.1, 0.15) is 5.82 Å². The van der Waals surface area contributed by atoms with Gasteiger partial charge in [-0.1, -0.05) is 18.2 Å². The number of fused-ring (bicyclic) bond motifs is 1. The van der Waals surface area contributed by atoms with E-state index in [-0.39, 0.29) is 11.8 Å². The lowest BCUT2D eigenvalue weighted by Gasteiger charge is -2.32. The van der Waals surface area contributed by atoms with Crippen molar-refractivity contribution in [1.82, 2.24) is 19.5 Å². The molecule has 0 saturated carbocycles. The Balaban J connectivity index is 1.61. The van der Waals surface area contributed by atoms with Gasteiger partial charge in [0.25, 0.3) is 5.91 Å². The zero-order chi connectivity index (χ0) is 17.4. The van der Waals surface area contributed by atoms with Gasteiger partial charge in [0.15, 0.2) is 5.65 Å². The minimum Gasteiger partial charge on any atom is -0.338 e. The molecule has 5 nitrogen and oxygen atoms in total. The Kier molecular flexibility index (Phi) is 3.99. The van der Waals surface area contributed by atoms with Crippen molar-refractivity contribution in [3.63, 3.8) is 0 Å². The predicted octanol–water partition coefficient (Wildman–Crippen LogP) is 3.37. The largest absolute Gasteiger partial charge is 0.338 e. The van der Waals surface area contributed by atoms with E-state index < -0.39 is 0 Å². The van der Waals surface area contributed by atoms with Gasteiger partial charge in [-0.3, -0.25) is 9.20 Å². The van der Waals surface area contributed by atoms with Crippen LogP contribution in [-0.4, -0.2) is 38.5 Å². The molecular formula is C20H22N4O. The number of piperidine rings is 1. The number of benzene rings is 1. The van der Waals surface area contributed by atoms with Crippen LogP contribution in [0, 0.1) is 13.8 Å². The van der Waals surface area contributed by atoms with Crippen molar-refractivity contribution in [1.29, 1.82) is 0 Å². The number of hydrogen-bond donors (Lipinski definition) is 0. The Hall–Kier alpha value is -2.69. The third-order valence-electron chi connectivity index (χ3n) is 5.25. The Labute approximate surface area is 147 Å². The average Bonchev–Trinajstić information content (AvgIpc) is 3.08. The number of amides is 1. The quantitative estimate of drug-likeness (QED) is 0.722. The summed E-state index contributed by atoms with van der Waals surface area (Å²) in [7, 11) is 0. The number of rotatable bonds is 2. The monoisotopic (exact) mass is 334 g/mol. The van der Waals surface area contributed by atoms with E-state index in [4.69, 9.17) is 0 Å². The number of carbonyl (C=O) groups excluding carboxylic acids is 1. The second-order valence-electron chi connectivity index (χ2n) is 6.82. The van der Waals surface area contributed by atoms with E-state index in [2.05, 4.69) is 10.2 Å². The maximum Gasteiger partial charge on any atom is 0.254 e. The standard InChI is InChI=1S/C20H22N4O/c1-14-7-5-9-17(15(14)2)20(25)23-11-6-8-16(13-23)19-22-21-18-10-3-4-12-24(18)19/h3-5,7,9-10,12,16H,6,8,11,13H2,1-2H3. The number of aromatic nitrogens is 3. The van der Waals surface area contributed by atoms with Gasteiger partial charge in [-0.05, 0) is 56.0 Å². The molecule has 128 valence electrons. The fourth-order valence-corrected chi connectivity index (χ4v) is 3.66. The molecule has 5 heteroatoms. The van der Waals surface area contributed by atoms with E-state index in [1.165, 1.54) is 0 Å². The van der Waals surface area contributed by atoms with E-state index in [9.17, 15) is 4.79 Å². The molecule has 0 N–H and O–H groups in total. The van der Waals surface area contributed by atoms with Crippen LogP contribution in [0.25, 0.3) is 5.65 Å². The molecule has 1 saturated heterocycles. The molecule has 1 atom stereocenters. The first-order valence-corrected chi connectivity index (χ1v) is 8.80. The Bertz CT molecular complexity index is 930. The van der Waals surface area contributed by atoms with E-state index in [1.54, 1.807) is 0 Å². The Morgan fingerprint density at radius 2 is 2.00 bits per heavy atom. The molecule has 0 spiro atoms. The molecule has 0 aliphatic carbocycles. The van der Waals surface area contributed by atoms with Crippen molar-refractivity contribution in [2.24, 2.45) is 0 Å². The third-order valence-corrected chi connectivity index (χ3v) is 5.25. The highest BCUT2D eigenvalue weighted by molar-refractivity contribution is 5.96. The van der Waals surface area contributed by atoms with Crippen LogP contribution in [0.2, 0.25) is 0 Å². The highest BCUT2D eigenvalue weighted by atomic mass is 16.2. The fourth-order valence-electron chi connectivity index (χ4n) is 3.66. The SMILES string of the molecule is Cc1cccc(C(=O)N2CCCC(c3nnc4ccccn34)C2)c1C. The maximum absolute atomic E-state index is 13.0. The summed E-state index contributed by atoms with van der Waals surface area (Å²) in [5.41, 5.74) is 3.90. The van der Waals surface area contributed by atoms with Crippen LogP contribution < -0.4 is 0 Å². The minimum absolute atomic E-state index is 0.125. The van der Waals surface area contributed by atoms with Crippen molar-refractivity contribution >= 4 is 11.6 Å². The van der Waals surface area contributed by atoms with Crippen molar-refractivity contribution < 1.29 is 4.79 Å². The van der Waals surface area contributed by atoms with E-state index >= 15 is 0 Å². The third kappa shape index (κ3) is 2.80. The van der Waals surface area contributed by atoms with Crippen LogP contribution in [0.15, 0.2) is 42.6 Å². The van der Waals surface area contributed by atoms with Gasteiger partial charge in [-0.2, -0.15) is 0 Å². The molecule has 0 radical (unpaired) electrons. The van der Waals surface area contributed by atoms with Gasteiger partial charge in [0.05, 0.1) is 0 Å². The zero-order valence-electron chi connectivity index (χ0n) is 14.6. The van der Waals surface area contributed by atoms with Crippen molar-refractivity contribution in [2.75, 3.05) is 13.1 Å². The highest BCUT2D eigenvalue weighted by Gasteiger charge is 2.29. The molecule has 25 heavy (non-hydrogen) atoms. The first kappa shape index (κ1) is 15.8. The molecule has 1 amide bonds. The van der Waals surface area contributed by atoms with Gasteiger partial charge >= 0.3 is 0 Å². The average molecular weight is 334 g/mol. The number of pyridine rings is 1. The zero-order valence-corrected chi connectivity index (χ0v) is 14.6. The number of likely N-dealkylation sites (tertiary alicyclic amines) is 1. The van der Waals surface area contributed by atoms with E-state index in [0.29, 0.717) is 6.54 Å². The molecule has 1 aliphatic heterocycles. The van der Waals surface area contributed by atoms with Crippen LogP contribution in [-0.2, 0) is 0 Å². The number of hydrogen-bond acceptors (Lipinski definition) is 3. The lowest BCUT2D eigenvalue weighted by Crippen LogP contribution is -2.39. The molecular weight excluding hydrogens is 312 g/mol. The van der Waals surface area contributed by atoms with Gasteiger partial charge in [0.2, 0.25) is 0 Å². The summed E-state index contributed by atoms with van der Waals surface area (Å²) in [6.07, 6.45) is 4.02. The molecule has 1 aromatic carbocycles. The van der Waals surface area contributed by atoms with Crippen LogP contribution in [0.1, 0.15) is 46.1 Å². The molecule has 2 aromatic heterocycles. The number of carbonyl (C=O) groups is 1. The minimum atomic E-state index is 0.125. The summed E-state index contributed by atoms with van der Waals surface area (Å²) < 4.78 is 2.04. The second-order valence-corrected chi connectivity index (χ2v) is 6.82. The molecule has 4 rings (SSSR count). The second kappa shape index (κ2) is 6.31. The number of aryl methyl sites for hydroxylation is 1. The topological polar surface area (TPSA) is 50.5 Å². The lowest BCUT2D eigenvalue weighted by atomic mass is 9.95. The summed E-state index contributed by atoms with van der Waals surface area (Å²) in [5.74, 6) is 1.30. The summed E-state index contributed by atoms with van der Waals surface area (Å²) in [6.45, 7) is 5.57. The molecule has 1 aliphatic rings. The smallest absolute Gasteiger partial charge is 0.254 e. The van der Waals surface area contributed by atoms with Crippen molar-refractivity contribution in [2.45, 2.75) is 32.6 Å². The normalized spacial score (nSPS) is 17.8. The summed E-state index contributed by atoms with van der Waals surface area (Å²) in [4.78, 5) is 15.0. The number of nitrogens with zero attached hydrogens (tertiary/aromatic N) is 4. The maximum atomic E-state index is 13.0. The fraction of sp³-hybridized carbons (Fsp3) is 0.350. The molecule has 1 unspecified atom stereocenters. The highest BCUT2D eigenvalue weighted by Crippen LogP contribution is 2.27. The Morgan fingerprint density at radius 1 is 1.12 bits per heavy atom. The van der Waals surface area contributed by atoms with Crippen molar-refractivity contribution in [3.8, 4) is 0 Å². The summed E-state index contributed by atoms with van der Waals surface area (Å²) in [5, 5.41) is 8.65. The van der Waals surface area contributed by atoms with Gasteiger partial charge < -0.3 is 4.90 Å².